The molecule has 2 aliphatic heterocycles. The summed E-state index contributed by atoms with van der Waals surface area (Å²) in [5.74, 6) is 1.50. The zero-order valence-electron chi connectivity index (χ0n) is 37.3. The van der Waals surface area contributed by atoms with E-state index in [9.17, 15) is 19.3 Å². The number of carbonyl (C=O) groups is 1. The Morgan fingerprint density at radius 2 is 1.39 bits per heavy atom. The van der Waals surface area contributed by atoms with Gasteiger partial charge in [0.05, 0.1) is 6.61 Å². The van der Waals surface area contributed by atoms with Crippen LogP contribution in [0.15, 0.2) is 117 Å². The SMILES string of the molecule is CC(C)C1=CCCC(C(C)C)=C1n1[cH-]n(-c2c(C(C)C)cccc2C(C)C)c2c(=O)c3ccccc3c(=O)c1=2.COCCN1C=CN(SC)[CH-]1.O=COc1ccc(N=O)cc1.[Au]. The Labute approximate surface area is 385 Å². The van der Waals surface area contributed by atoms with Crippen molar-refractivity contribution < 1.29 is 36.6 Å². The molecule has 11 nitrogen and oxygen atoms in total. The zero-order chi connectivity index (χ0) is 44.4. The summed E-state index contributed by atoms with van der Waals surface area (Å²) >= 11 is 1.68. The summed E-state index contributed by atoms with van der Waals surface area (Å²) in [5.41, 5.74) is 7.18. The molecule has 13 heteroatoms. The van der Waals surface area contributed by atoms with Crippen molar-refractivity contribution in [1.29, 1.82) is 0 Å². The van der Waals surface area contributed by atoms with Gasteiger partial charge in [0.25, 0.3) is 6.47 Å². The third kappa shape index (κ3) is 11.2. The summed E-state index contributed by atoms with van der Waals surface area (Å²) in [6.07, 6.45) is 12.4. The molecule has 0 saturated heterocycles. The third-order valence-electron chi connectivity index (χ3n) is 10.8. The minimum Gasteiger partial charge on any atom is -0.505 e. The van der Waals surface area contributed by atoms with E-state index in [0.717, 1.165) is 37.4 Å². The maximum absolute atomic E-state index is 14.3. The third-order valence-corrected chi connectivity index (χ3v) is 11.5. The summed E-state index contributed by atoms with van der Waals surface area (Å²) in [6.45, 7) is 21.7. The number of benzene rings is 3. The minimum atomic E-state index is -0.0928. The van der Waals surface area contributed by atoms with Crippen LogP contribution in [0.25, 0.3) is 22.2 Å². The smallest absolute Gasteiger partial charge is 0.298 e. The number of allylic oxidation sites excluding steroid dienone is 4. The molecule has 0 aromatic heterocycles. The van der Waals surface area contributed by atoms with Gasteiger partial charge in [-0.3, -0.25) is 14.4 Å². The topological polar surface area (TPSA) is 115 Å². The Morgan fingerprint density at radius 3 is 1.87 bits per heavy atom. The summed E-state index contributed by atoms with van der Waals surface area (Å²) in [4.78, 5) is 50.5. The number of hydrogen-bond donors (Lipinski definition) is 0. The number of fused-ring (bicyclic) bond motifs is 1. The molecule has 3 aromatic carbocycles. The molecule has 7 rings (SSSR count). The predicted molar refractivity (Wildman–Crippen MR) is 249 cm³/mol. The fraction of sp³-hybridized carbons (Fsp3) is 0.367. The Bertz CT molecular complexity index is 2560. The zero-order valence-corrected chi connectivity index (χ0v) is 40.3. The van der Waals surface area contributed by atoms with Crippen LogP contribution in [0.5, 0.6) is 5.75 Å². The molecule has 335 valence electrons. The first-order valence-corrected chi connectivity index (χ1v) is 22.0. The molecule has 0 saturated carbocycles. The van der Waals surface area contributed by atoms with Gasteiger partial charge in [-0.25, -0.2) is 0 Å². The van der Waals surface area contributed by atoms with E-state index in [0.29, 0.717) is 45.3 Å². The van der Waals surface area contributed by atoms with Crippen LogP contribution in [0.2, 0.25) is 0 Å². The first-order chi connectivity index (χ1) is 29.3. The maximum atomic E-state index is 14.3. The van der Waals surface area contributed by atoms with Crippen molar-refractivity contribution in [3.63, 3.8) is 0 Å². The number of aromatic nitrogens is 2. The average Bonchev–Trinajstić information content (AvgIpc) is 3.90. The Balaban J connectivity index is 0.000000299. The van der Waals surface area contributed by atoms with Crippen LogP contribution in [0.3, 0.4) is 0 Å². The summed E-state index contributed by atoms with van der Waals surface area (Å²) in [6, 6.07) is 19.6. The van der Waals surface area contributed by atoms with Crippen LogP contribution in [0.4, 0.5) is 5.69 Å². The van der Waals surface area contributed by atoms with E-state index in [1.54, 1.807) is 31.2 Å². The molecule has 0 spiro atoms. The number of methoxy groups -OCH3 is 1. The molecule has 2 aliphatic carbocycles. The monoisotopic (exact) mass is 1040 g/mol. The number of rotatable bonds is 13. The van der Waals surface area contributed by atoms with E-state index in [1.165, 1.54) is 46.5 Å². The number of nitroso groups, excluding NO2 is 1. The van der Waals surface area contributed by atoms with Gasteiger partial charge in [-0.1, -0.05) is 138 Å². The Hall–Kier alpha value is -4.85. The van der Waals surface area contributed by atoms with E-state index in [1.807, 2.05) is 48.4 Å². The second-order valence-corrected chi connectivity index (χ2v) is 17.0. The summed E-state index contributed by atoms with van der Waals surface area (Å²) < 4.78 is 15.6. The molecule has 62 heavy (non-hydrogen) atoms. The molecule has 0 bridgehead atoms. The number of para-hydroxylation sites is 1. The van der Waals surface area contributed by atoms with Gasteiger partial charge in [-0.05, 0) is 96.0 Å². The van der Waals surface area contributed by atoms with Gasteiger partial charge in [-0.15, -0.1) is 11.6 Å². The van der Waals surface area contributed by atoms with Gasteiger partial charge in [0.15, 0.2) is 10.9 Å². The molecule has 0 atom stereocenters. The molecule has 0 amide bonds. The maximum Gasteiger partial charge on any atom is 0.298 e. The van der Waals surface area contributed by atoms with Gasteiger partial charge in [0.2, 0.25) is 0 Å². The predicted octanol–water partition coefficient (Wildman–Crippen LogP) is 10.8. The van der Waals surface area contributed by atoms with E-state index in [-0.39, 0.29) is 51.0 Å². The standard InChI is InChI=1S/C35H41N2O2.C7H13N2OS.C7H5NO3.Au/c1-20(2)24-15-11-16-25(21(3)4)30(24)36-19-37(31-26(22(5)6)17-12-18-27(31)23(7)8)33-32(36)34(38)28-13-9-10-14-29(28)35(33)39;1-10-6-5-8-3-4-9(7-8)11-2;9-5-11-7-3-1-6(8-10)2-4-7;/h9-11,13-17,19-23H,12,18H2,1-8H3;3-4,7H,5-6H2,1-2H3;1-5H;/q2*-1;;. The quantitative estimate of drug-likeness (QED) is 0.0374. The van der Waals surface area contributed by atoms with Crippen LogP contribution >= 0.6 is 11.9 Å². The number of carbonyl (C=O) groups excluding carboxylic acids is 1. The number of hydrogen-bond acceptors (Lipinski definition) is 10. The van der Waals surface area contributed by atoms with E-state index in [2.05, 4.69) is 103 Å². The average molecular weight is 1040 g/mol. The van der Waals surface area contributed by atoms with Gasteiger partial charge in [-0.2, -0.15) is 0 Å². The molecular formula is C49H59AuN5O6S-2. The molecule has 4 aliphatic rings. The van der Waals surface area contributed by atoms with Crippen LogP contribution in [-0.4, -0.2) is 51.3 Å². The Morgan fingerprint density at radius 1 is 0.790 bits per heavy atom. The molecular weight excluding hydrogens is 984 g/mol. The fourth-order valence-corrected chi connectivity index (χ4v) is 8.15. The van der Waals surface area contributed by atoms with Gasteiger partial charge in [0.1, 0.15) is 11.4 Å². The number of ether oxygens (including phenoxy) is 2. The van der Waals surface area contributed by atoms with Crippen molar-refractivity contribution in [1.82, 2.24) is 18.3 Å². The minimum absolute atomic E-state index is 0. The van der Waals surface area contributed by atoms with Crippen molar-refractivity contribution >= 4 is 40.6 Å². The van der Waals surface area contributed by atoms with E-state index < -0.39 is 0 Å². The van der Waals surface area contributed by atoms with E-state index in [4.69, 9.17) is 4.74 Å². The first kappa shape index (κ1) is 49.8. The van der Waals surface area contributed by atoms with Crippen LogP contribution in [0, 0.1) is 34.1 Å². The van der Waals surface area contributed by atoms with Crippen LogP contribution in [-0.2, 0) is 31.9 Å². The van der Waals surface area contributed by atoms with Gasteiger partial charge in [0, 0.05) is 63.8 Å². The second kappa shape index (κ2) is 23.0. The van der Waals surface area contributed by atoms with Crippen molar-refractivity contribution in [2.75, 3.05) is 26.5 Å². The molecule has 2 heterocycles. The second-order valence-electron chi connectivity index (χ2n) is 16.2. The van der Waals surface area contributed by atoms with Gasteiger partial charge < -0.3 is 27.8 Å². The van der Waals surface area contributed by atoms with Crippen molar-refractivity contribution in [3.8, 4) is 11.4 Å². The summed E-state index contributed by atoms with van der Waals surface area (Å²) in [5, 5.41) is 4.60. The molecule has 0 fully saturated rings. The van der Waals surface area contributed by atoms with Crippen molar-refractivity contribution in [3.05, 3.63) is 157 Å². The van der Waals surface area contributed by atoms with Crippen LogP contribution < -0.4 is 15.6 Å². The Kier molecular flexibility index (Phi) is 18.5. The molecule has 1 radical (unpaired) electrons. The largest absolute Gasteiger partial charge is 0.505 e. The molecule has 0 unspecified atom stereocenters. The molecule has 3 aromatic rings. The summed E-state index contributed by atoms with van der Waals surface area (Å²) in [7, 11) is 1.71. The molecule has 0 N–H and O–H groups in total. The first-order valence-electron chi connectivity index (χ1n) is 20.8. The normalized spacial score (nSPS) is 13.7. The van der Waals surface area contributed by atoms with Crippen LogP contribution in [0.1, 0.15) is 91.2 Å². The van der Waals surface area contributed by atoms with Gasteiger partial charge >= 0.3 is 0 Å². The van der Waals surface area contributed by atoms with E-state index >= 15 is 0 Å². The fourth-order valence-electron chi connectivity index (χ4n) is 7.76. The van der Waals surface area contributed by atoms with Crippen molar-refractivity contribution in [2.45, 2.75) is 80.1 Å². The number of nitrogens with zero attached hydrogens (tertiary/aromatic N) is 5. The van der Waals surface area contributed by atoms with Crippen molar-refractivity contribution in [2.24, 2.45) is 17.0 Å².